The number of hydrogen-bond acceptors (Lipinski definition) is 5. The highest BCUT2D eigenvalue weighted by molar-refractivity contribution is 9.10. The predicted octanol–water partition coefficient (Wildman–Crippen LogP) is 2.77. The van der Waals surface area contributed by atoms with Gasteiger partial charge in [0.25, 0.3) is 5.56 Å². The second-order valence-electron chi connectivity index (χ2n) is 5.36. The fourth-order valence-electron chi connectivity index (χ4n) is 2.46. The molecule has 2 rings (SSSR count). The van der Waals surface area contributed by atoms with Crippen molar-refractivity contribution < 1.29 is 9.53 Å². The minimum atomic E-state index is -0.124. The molecule has 0 bridgehead atoms. The zero-order chi connectivity index (χ0) is 18.4. The molecular formula is C17H22BrN3O3S. The van der Waals surface area contributed by atoms with Gasteiger partial charge in [0.15, 0.2) is 5.16 Å². The van der Waals surface area contributed by atoms with Crippen molar-refractivity contribution in [3.8, 4) is 0 Å². The molecule has 6 nitrogen and oxygen atoms in total. The number of thioether (sulfide) groups is 1. The maximum absolute atomic E-state index is 12.8. The number of fused-ring (bicyclic) bond motifs is 1. The molecule has 8 heteroatoms. The predicted molar refractivity (Wildman–Crippen MR) is 104 cm³/mol. The Morgan fingerprint density at radius 1 is 1.36 bits per heavy atom. The first kappa shape index (κ1) is 19.9. The van der Waals surface area contributed by atoms with E-state index in [0.717, 1.165) is 4.47 Å². The third kappa shape index (κ3) is 4.83. The van der Waals surface area contributed by atoms with Crippen molar-refractivity contribution in [2.45, 2.75) is 25.5 Å². The lowest BCUT2D eigenvalue weighted by molar-refractivity contribution is -0.127. The van der Waals surface area contributed by atoms with Gasteiger partial charge in [-0.3, -0.25) is 14.2 Å². The second kappa shape index (κ2) is 9.35. The molecule has 0 N–H and O–H groups in total. The summed E-state index contributed by atoms with van der Waals surface area (Å²) in [4.78, 5) is 31.5. The molecule has 0 unspecified atom stereocenters. The Kier molecular flexibility index (Phi) is 7.46. The quantitative estimate of drug-likeness (QED) is 0.478. The SMILES string of the molecule is CCN(CC)C(=O)CSc1nc2ccc(Br)cc2c(=O)n1CCOC. The molecule has 0 radical (unpaired) electrons. The van der Waals surface area contributed by atoms with Crippen LogP contribution in [-0.4, -0.2) is 52.9 Å². The highest BCUT2D eigenvalue weighted by Crippen LogP contribution is 2.21. The van der Waals surface area contributed by atoms with E-state index >= 15 is 0 Å². The molecule has 1 heterocycles. The van der Waals surface area contributed by atoms with Gasteiger partial charge in [0.1, 0.15) is 0 Å². The first-order valence-electron chi connectivity index (χ1n) is 8.11. The number of halogens is 1. The molecule has 1 aromatic heterocycles. The van der Waals surface area contributed by atoms with E-state index < -0.39 is 0 Å². The second-order valence-corrected chi connectivity index (χ2v) is 7.22. The molecule has 25 heavy (non-hydrogen) atoms. The highest BCUT2D eigenvalue weighted by atomic mass is 79.9. The molecule has 0 atom stereocenters. The number of amides is 1. The smallest absolute Gasteiger partial charge is 0.262 e. The van der Waals surface area contributed by atoms with E-state index in [2.05, 4.69) is 20.9 Å². The Bertz CT molecular complexity index is 806. The number of rotatable bonds is 8. The lowest BCUT2D eigenvalue weighted by Gasteiger charge is -2.19. The molecule has 1 amide bonds. The summed E-state index contributed by atoms with van der Waals surface area (Å²) < 4.78 is 7.52. The fourth-order valence-corrected chi connectivity index (χ4v) is 3.75. The van der Waals surface area contributed by atoms with Crippen LogP contribution in [0.15, 0.2) is 32.6 Å². The Morgan fingerprint density at radius 3 is 2.72 bits per heavy atom. The van der Waals surface area contributed by atoms with Crippen molar-refractivity contribution in [2.75, 3.05) is 32.6 Å². The van der Waals surface area contributed by atoms with Crippen molar-refractivity contribution >= 4 is 44.5 Å². The van der Waals surface area contributed by atoms with Crippen LogP contribution in [0.4, 0.5) is 0 Å². The summed E-state index contributed by atoms with van der Waals surface area (Å²) in [5, 5.41) is 1.09. The highest BCUT2D eigenvalue weighted by Gasteiger charge is 2.15. The van der Waals surface area contributed by atoms with Gasteiger partial charge in [-0.1, -0.05) is 27.7 Å². The molecule has 0 saturated carbocycles. The molecule has 136 valence electrons. The molecule has 0 spiro atoms. The molecule has 0 aliphatic carbocycles. The van der Waals surface area contributed by atoms with E-state index in [9.17, 15) is 9.59 Å². The van der Waals surface area contributed by atoms with Crippen LogP contribution in [-0.2, 0) is 16.1 Å². The monoisotopic (exact) mass is 427 g/mol. The van der Waals surface area contributed by atoms with Gasteiger partial charge in [0.05, 0.1) is 29.8 Å². The first-order chi connectivity index (χ1) is 12.0. The van der Waals surface area contributed by atoms with Crippen molar-refractivity contribution in [3.63, 3.8) is 0 Å². The summed E-state index contributed by atoms with van der Waals surface area (Å²) in [5.41, 5.74) is 0.501. The molecule has 2 aromatic rings. The molecule has 0 fully saturated rings. The van der Waals surface area contributed by atoms with Crippen LogP contribution < -0.4 is 5.56 Å². The maximum Gasteiger partial charge on any atom is 0.262 e. The van der Waals surface area contributed by atoms with Gasteiger partial charge in [-0.2, -0.15) is 0 Å². The summed E-state index contributed by atoms with van der Waals surface area (Å²) in [6, 6.07) is 5.42. The summed E-state index contributed by atoms with van der Waals surface area (Å²) in [5.74, 6) is 0.293. The van der Waals surface area contributed by atoms with Crippen molar-refractivity contribution in [2.24, 2.45) is 0 Å². The zero-order valence-electron chi connectivity index (χ0n) is 14.6. The lowest BCUT2D eigenvalue weighted by Crippen LogP contribution is -2.32. The standard InChI is InChI=1S/C17H22BrN3O3S/c1-4-20(5-2)15(22)11-25-17-19-14-7-6-12(18)10-13(14)16(23)21(17)8-9-24-3/h6-7,10H,4-5,8-9,11H2,1-3H3. The number of benzene rings is 1. The molecule has 1 aromatic carbocycles. The number of hydrogen-bond donors (Lipinski definition) is 0. The van der Waals surface area contributed by atoms with Crippen LogP contribution in [0.2, 0.25) is 0 Å². The van der Waals surface area contributed by atoms with Crippen LogP contribution in [0, 0.1) is 0 Å². The van der Waals surface area contributed by atoms with Gasteiger partial charge in [-0.25, -0.2) is 4.98 Å². The largest absolute Gasteiger partial charge is 0.383 e. The summed E-state index contributed by atoms with van der Waals surface area (Å²) >= 11 is 4.68. The number of nitrogens with zero attached hydrogens (tertiary/aromatic N) is 3. The first-order valence-corrected chi connectivity index (χ1v) is 9.89. The van der Waals surface area contributed by atoms with Crippen molar-refractivity contribution in [3.05, 3.63) is 33.0 Å². The van der Waals surface area contributed by atoms with Crippen molar-refractivity contribution in [1.29, 1.82) is 0 Å². The van der Waals surface area contributed by atoms with E-state index in [1.165, 1.54) is 11.8 Å². The van der Waals surface area contributed by atoms with E-state index in [4.69, 9.17) is 4.74 Å². The fraction of sp³-hybridized carbons (Fsp3) is 0.471. The Balaban J connectivity index is 2.38. The molecule has 0 aliphatic rings. The number of ether oxygens (including phenoxy) is 1. The van der Waals surface area contributed by atoms with Gasteiger partial charge in [0, 0.05) is 24.7 Å². The molecule has 0 aliphatic heterocycles. The van der Waals surface area contributed by atoms with E-state index in [0.29, 0.717) is 42.3 Å². The third-order valence-corrected chi connectivity index (χ3v) is 5.30. The summed E-state index contributed by atoms with van der Waals surface area (Å²) in [7, 11) is 1.59. The number of aromatic nitrogens is 2. The van der Waals surface area contributed by atoms with Crippen LogP contribution in [0.3, 0.4) is 0 Å². The van der Waals surface area contributed by atoms with Crippen LogP contribution >= 0.6 is 27.7 Å². The third-order valence-electron chi connectivity index (χ3n) is 3.84. The van der Waals surface area contributed by atoms with Gasteiger partial charge in [0.2, 0.25) is 5.91 Å². The average Bonchev–Trinajstić information content (AvgIpc) is 2.61. The maximum atomic E-state index is 12.8. The van der Waals surface area contributed by atoms with Gasteiger partial charge < -0.3 is 9.64 Å². The van der Waals surface area contributed by atoms with E-state index in [1.54, 1.807) is 28.7 Å². The Hall–Kier alpha value is -1.38. The number of methoxy groups -OCH3 is 1. The molecular weight excluding hydrogens is 406 g/mol. The van der Waals surface area contributed by atoms with E-state index in [1.807, 2.05) is 19.9 Å². The normalized spacial score (nSPS) is 11.0. The minimum absolute atomic E-state index is 0.0402. The van der Waals surface area contributed by atoms with Gasteiger partial charge >= 0.3 is 0 Å². The topological polar surface area (TPSA) is 64.4 Å². The van der Waals surface area contributed by atoms with Gasteiger partial charge in [-0.05, 0) is 32.0 Å². The van der Waals surface area contributed by atoms with Crippen LogP contribution in [0.25, 0.3) is 10.9 Å². The summed E-state index contributed by atoms with van der Waals surface area (Å²) in [6.45, 7) is 6.04. The van der Waals surface area contributed by atoms with Gasteiger partial charge in [-0.15, -0.1) is 0 Å². The minimum Gasteiger partial charge on any atom is -0.383 e. The van der Waals surface area contributed by atoms with Crippen molar-refractivity contribution in [1.82, 2.24) is 14.5 Å². The summed E-state index contributed by atoms with van der Waals surface area (Å²) in [6.07, 6.45) is 0. The number of carbonyl (C=O) groups excluding carboxylic acids is 1. The Labute approximate surface area is 159 Å². The zero-order valence-corrected chi connectivity index (χ0v) is 17.0. The van der Waals surface area contributed by atoms with Crippen LogP contribution in [0.1, 0.15) is 13.8 Å². The van der Waals surface area contributed by atoms with E-state index in [-0.39, 0.29) is 17.2 Å². The lowest BCUT2D eigenvalue weighted by atomic mass is 10.2. The average molecular weight is 428 g/mol. The number of carbonyl (C=O) groups is 1. The van der Waals surface area contributed by atoms with Crippen LogP contribution in [0.5, 0.6) is 0 Å². The Morgan fingerprint density at radius 2 is 2.08 bits per heavy atom. The molecule has 0 saturated heterocycles.